The predicted octanol–water partition coefficient (Wildman–Crippen LogP) is -0.986. The van der Waals surface area contributed by atoms with Crippen molar-refractivity contribution in [3.63, 3.8) is 0 Å². The van der Waals surface area contributed by atoms with E-state index in [0.717, 1.165) is 12.7 Å². The number of aliphatic hydroxyl groups is 1. The molecule has 0 saturated carbocycles. The van der Waals surface area contributed by atoms with Crippen LogP contribution in [0, 0.1) is 0 Å². The lowest BCUT2D eigenvalue weighted by molar-refractivity contribution is -0.146. The minimum absolute atomic E-state index is 0.0232. The Morgan fingerprint density at radius 3 is 2.50 bits per heavy atom. The van der Waals surface area contributed by atoms with Crippen LogP contribution in [0.25, 0.3) is 0 Å². The Balaban J connectivity index is 1.89. The summed E-state index contributed by atoms with van der Waals surface area (Å²) in [6.45, 7) is -1.09. The fraction of sp³-hybridized carbons (Fsp3) is 0.350. The molecule has 0 radical (unpaired) electrons. The van der Waals surface area contributed by atoms with E-state index in [0.29, 0.717) is 5.69 Å². The third kappa shape index (κ3) is 8.07. The third-order valence-corrected chi connectivity index (χ3v) is 4.22. The molecule has 1 aromatic heterocycles. The number of benzene rings is 1. The van der Waals surface area contributed by atoms with Gasteiger partial charge in [-0.3, -0.25) is 9.59 Å². The van der Waals surface area contributed by atoms with Gasteiger partial charge < -0.3 is 35.5 Å². The number of hydrogen-bond donors (Lipinski definition) is 5. The van der Waals surface area contributed by atoms with Gasteiger partial charge in [-0.05, 0) is 5.56 Å². The molecule has 3 amide bonds. The van der Waals surface area contributed by atoms with E-state index < -0.39 is 49.1 Å². The summed E-state index contributed by atoms with van der Waals surface area (Å²) < 4.78 is 9.53. The monoisotopic (exact) mass is 447 g/mol. The Morgan fingerprint density at radius 1 is 1.12 bits per heavy atom. The Hall–Kier alpha value is -3.93. The van der Waals surface area contributed by atoms with Crippen LogP contribution in [0.1, 0.15) is 11.3 Å². The molecule has 5 N–H and O–H groups in total. The van der Waals surface area contributed by atoms with E-state index in [1.165, 1.54) is 12.5 Å². The molecule has 1 aromatic carbocycles. The fourth-order valence-electron chi connectivity index (χ4n) is 2.59. The first-order valence-corrected chi connectivity index (χ1v) is 9.63. The van der Waals surface area contributed by atoms with Gasteiger partial charge in [0.2, 0.25) is 11.8 Å². The summed E-state index contributed by atoms with van der Waals surface area (Å²) in [6, 6.07) is 6.59. The average Bonchev–Trinajstić information content (AvgIpc) is 3.32. The van der Waals surface area contributed by atoms with Gasteiger partial charge in [-0.2, -0.15) is 0 Å². The smallest absolute Gasteiger partial charge is 0.407 e. The molecule has 32 heavy (non-hydrogen) atoms. The maximum absolute atomic E-state index is 12.6. The molecule has 2 atom stereocenters. The van der Waals surface area contributed by atoms with Gasteiger partial charge in [-0.25, -0.2) is 14.6 Å². The number of H-pyrrole nitrogens is 1. The number of nitrogens with one attached hydrogen (secondary N) is 4. The van der Waals surface area contributed by atoms with E-state index in [4.69, 9.17) is 4.74 Å². The standard InChI is InChI=1S/C20H25N5O7/c1-31-19(29)16(10-26)25-18(28)15(7-14-8-21-12-23-14)24-17(27)9-22-20(30)32-11-13-5-3-2-4-6-13/h2-6,8,12,15-16,26H,7,9-11H2,1H3,(H,21,23)(H,22,30)(H,24,27)(H,25,28). The molecule has 2 aromatic rings. The molecule has 0 saturated heterocycles. The van der Waals surface area contributed by atoms with Gasteiger partial charge in [0.25, 0.3) is 0 Å². The van der Waals surface area contributed by atoms with Gasteiger partial charge in [-0.1, -0.05) is 30.3 Å². The molecule has 0 bridgehead atoms. The number of aromatic amines is 1. The molecule has 172 valence electrons. The fourth-order valence-corrected chi connectivity index (χ4v) is 2.59. The van der Waals surface area contributed by atoms with Crippen molar-refractivity contribution in [2.75, 3.05) is 20.3 Å². The number of alkyl carbamates (subject to hydrolysis) is 1. The number of imidazole rings is 1. The number of carbonyl (C=O) groups is 4. The minimum atomic E-state index is -1.29. The Labute approximate surface area is 183 Å². The predicted molar refractivity (Wildman–Crippen MR) is 110 cm³/mol. The highest BCUT2D eigenvalue weighted by molar-refractivity contribution is 5.92. The largest absolute Gasteiger partial charge is 0.467 e. The zero-order valence-corrected chi connectivity index (χ0v) is 17.4. The highest BCUT2D eigenvalue weighted by Gasteiger charge is 2.27. The van der Waals surface area contributed by atoms with Crippen LogP contribution in [0.3, 0.4) is 0 Å². The lowest BCUT2D eigenvalue weighted by Gasteiger charge is -2.21. The SMILES string of the molecule is COC(=O)C(CO)NC(=O)C(Cc1cnc[nH]1)NC(=O)CNC(=O)OCc1ccccc1. The number of aromatic nitrogens is 2. The summed E-state index contributed by atoms with van der Waals surface area (Å²) in [5.41, 5.74) is 1.33. The second-order valence-corrected chi connectivity index (χ2v) is 6.58. The summed E-state index contributed by atoms with van der Waals surface area (Å²) in [4.78, 5) is 55.0. The highest BCUT2D eigenvalue weighted by Crippen LogP contribution is 2.02. The van der Waals surface area contributed by atoms with E-state index in [9.17, 15) is 24.3 Å². The lowest BCUT2D eigenvalue weighted by atomic mass is 10.1. The number of esters is 1. The molecule has 2 unspecified atom stereocenters. The van der Waals surface area contributed by atoms with E-state index in [-0.39, 0.29) is 13.0 Å². The number of amides is 3. The molecule has 12 heteroatoms. The van der Waals surface area contributed by atoms with Gasteiger partial charge in [0.1, 0.15) is 19.2 Å². The van der Waals surface area contributed by atoms with Crippen LogP contribution in [-0.4, -0.2) is 71.3 Å². The summed E-state index contributed by atoms with van der Waals surface area (Å²) in [7, 11) is 1.11. The van der Waals surface area contributed by atoms with Crippen molar-refractivity contribution in [3.8, 4) is 0 Å². The van der Waals surface area contributed by atoms with Gasteiger partial charge in [0.05, 0.1) is 20.0 Å². The molecular weight excluding hydrogens is 422 g/mol. The maximum atomic E-state index is 12.6. The minimum Gasteiger partial charge on any atom is -0.467 e. The quantitative estimate of drug-likeness (QED) is 0.273. The summed E-state index contributed by atoms with van der Waals surface area (Å²) >= 11 is 0. The van der Waals surface area contributed by atoms with E-state index in [1.807, 2.05) is 6.07 Å². The summed E-state index contributed by atoms with van der Waals surface area (Å²) in [6.07, 6.45) is 2.09. The van der Waals surface area contributed by atoms with Crippen molar-refractivity contribution in [1.82, 2.24) is 25.9 Å². The molecule has 0 spiro atoms. The Morgan fingerprint density at radius 2 is 1.88 bits per heavy atom. The molecule has 2 rings (SSSR count). The lowest BCUT2D eigenvalue weighted by Crippen LogP contribution is -2.55. The van der Waals surface area contributed by atoms with E-state index in [2.05, 4.69) is 30.7 Å². The van der Waals surface area contributed by atoms with Gasteiger partial charge in [0, 0.05) is 18.3 Å². The van der Waals surface area contributed by atoms with Crippen molar-refractivity contribution < 1.29 is 33.8 Å². The average molecular weight is 447 g/mol. The van der Waals surface area contributed by atoms with E-state index >= 15 is 0 Å². The van der Waals surface area contributed by atoms with Crippen LogP contribution >= 0.6 is 0 Å². The van der Waals surface area contributed by atoms with Crippen LogP contribution in [-0.2, 0) is 36.9 Å². The third-order valence-electron chi connectivity index (χ3n) is 4.22. The van der Waals surface area contributed by atoms with Gasteiger partial charge in [-0.15, -0.1) is 0 Å². The van der Waals surface area contributed by atoms with Crippen molar-refractivity contribution in [1.29, 1.82) is 0 Å². The number of aliphatic hydroxyl groups excluding tert-OH is 1. The number of ether oxygens (including phenoxy) is 2. The second-order valence-electron chi connectivity index (χ2n) is 6.58. The van der Waals surface area contributed by atoms with Crippen LogP contribution in [0.2, 0.25) is 0 Å². The van der Waals surface area contributed by atoms with Gasteiger partial charge in [0.15, 0.2) is 6.04 Å². The van der Waals surface area contributed by atoms with Gasteiger partial charge >= 0.3 is 12.1 Å². The first-order valence-electron chi connectivity index (χ1n) is 9.63. The molecule has 0 aliphatic rings. The molecule has 0 aliphatic carbocycles. The normalized spacial score (nSPS) is 12.2. The first-order chi connectivity index (χ1) is 15.4. The second kappa shape index (κ2) is 12.7. The molecule has 0 fully saturated rings. The first kappa shape index (κ1) is 24.3. The molecule has 0 aliphatic heterocycles. The Kier molecular flexibility index (Phi) is 9.66. The van der Waals surface area contributed by atoms with Crippen molar-refractivity contribution in [2.45, 2.75) is 25.1 Å². The van der Waals surface area contributed by atoms with Crippen molar-refractivity contribution in [3.05, 3.63) is 54.1 Å². The zero-order chi connectivity index (χ0) is 23.3. The van der Waals surface area contributed by atoms with Crippen molar-refractivity contribution in [2.24, 2.45) is 0 Å². The maximum Gasteiger partial charge on any atom is 0.407 e. The number of hydrogen-bond acceptors (Lipinski definition) is 8. The van der Waals surface area contributed by atoms with Crippen LogP contribution in [0.15, 0.2) is 42.9 Å². The van der Waals surface area contributed by atoms with Crippen LogP contribution < -0.4 is 16.0 Å². The van der Waals surface area contributed by atoms with E-state index in [1.54, 1.807) is 24.3 Å². The summed E-state index contributed by atoms with van der Waals surface area (Å²) in [5.74, 6) is -2.24. The van der Waals surface area contributed by atoms with Crippen LogP contribution in [0.4, 0.5) is 4.79 Å². The van der Waals surface area contributed by atoms with Crippen molar-refractivity contribution >= 4 is 23.9 Å². The molecular formula is C20H25N5O7. The number of carbonyl (C=O) groups excluding carboxylic acids is 4. The highest BCUT2D eigenvalue weighted by atomic mass is 16.5. The number of rotatable bonds is 11. The zero-order valence-electron chi connectivity index (χ0n) is 17.4. The number of nitrogens with zero attached hydrogens (tertiary/aromatic N) is 1. The van der Waals surface area contributed by atoms with Crippen LogP contribution in [0.5, 0.6) is 0 Å². The number of methoxy groups -OCH3 is 1. The molecule has 1 heterocycles. The topological polar surface area (TPSA) is 172 Å². The molecule has 12 nitrogen and oxygen atoms in total. The Bertz CT molecular complexity index is 889. The summed E-state index contributed by atoms with van der Waals surface area (Å²) in [5, 5.41) is 16.4.